The van der Waals surface area contributed by atoms with Crippen LogP contribution in [0.5, 0.6) is 0 Å². The Morgan fingerprint density at radius 2 is 2.12 bits per heavy atom. The van der Waals surface area contributed by atoms with E-state index in [0.29, 0.717) is 11.8 Å². The Bertz CT molecular complexity index is 385. The molecule has 1 aromatic rings. The third kappa shape index (κ3) is 2.13. The van der Waals surface area contributed by atoms with Gasteiger partial charge in [-0.25, -0.2) is 0 Å². The van der Waals surface area contributed by atoms with E-state index in [9.17, 15) is 0 Å². The Morgan fingerprint density at radius 3 is 2.82 bits per heavy atom. The topological polar surface area (TPSA) is 26.0 Å². The first kappa shape index (κ1) is 12.6. The Morgan fingerprint density at radius 1 is 1.41 bits per heavy atom. The Hall–Kier alpha value is -0.820. The lowest BCUT2D eigenvalue weighted by atomic mass is 9.66. The summed E-state index contributed by atoms with van der Waals surface area (Å²) in [5, 5.41) is 0. The Labute approximate surface area is 105 Å². The standard InChI is InChI=1S/C16H25N/c1-4-7-13(3)16(17)11-10-12(2)14-8-5-6-9-15(14)16/h5-6,8-9,12-13H,4,7,10-11,17H2,1-3H3. The van der Waals surface area contributed by atoms with Crippen LogP contribution in [0, 0.1) is 5.92 Å². The van der Waals surface area contributed by atoms with E-state index in [0.717, 1.165) is 6.42 Å². The predicted molar refractivity (Wildman–Crippen MR) is 74.0 cm³/mol. The van der Waals surface area contributed by atoms with Crippen molar-refractivity contribution in [1.82, 2.24) is 0 Å². The minimum absolute atomic E-state index is 0.0981. The van der Waals surface area contributed by atoms with Crippen LogP contribution in [0.4, 0.5) is 0 Å². The molecular formula is C16H25N. The molecule has 0 saturated carbocycles. The van der Waals surface area contributed by atoms with Crippen molar-refractivity contribution in [1.29, 1.82) is 0 Å². The highest BCUT2D eigenvalue weighted by Crippen LogP contribution is 2.44. The van der Waals surface area contributed by atoms with Crippen molar-refractivity contribution in [2.45, 2.75) is 57.9 Å². The van der Waals surface area contributed by atoms with E-state index in [1.165, 1.54) is 30.4 Å². The van der Waals surface area contributed by atoms with Gasteiger partial charge in [0.1, 0.15) is 0 Å². The number of hydrogen-bond acceptors (Lipinski definition) is 1. The summed E-state index contributed by atoms with van der Waals surface area (Å²) in [6.45, 7) is 6.89. The molecule has 1 aromatic carbocycles. The molecule has 0 amide bonds. The fourth-order valence-corrected chi connectivity index (χ4v) is 3.30. The SMILES string of the molecule is CCCC(C)C1(N)CCC(C)c2ccccc21. The first-order chi connectivity index (χ1) is 8.09. The molecule has 0 fully saturated rings. The number of fused-ring (bicyclic) bond motifs is 1. The average Bonchev–Trinajstić information content (AvgIpc) is 2.35. The summed E-state index contributed by atoms with van der Waals surface area (Å²) in [7, 11) is 0. The summed E-state index contributed by atoms with van der Waals surface area (Å²) in [6, 6.07) is 8.79. The summed E-state index contributed by atoms with van der Waals surface area (Å²) in [4.78, 5) is 0. The number of hydrogen-bond donors (Lipinski definition) is 1. The highest BCUT2D eigenvalue weighted by atomic mass is 14.8. The summed E-state index contributed by atoms with van der Waals surface area (Å²) in [5.41, 5.74) is 9.54. The van der Waals surface area contributed by atoms with E-state index in [-0.39, 0.29) is 5.54 Å². The van der Waals surface area contributed by atoms with Gasteiger partial charge in [-0.3, -0.25) is 0 Å². The lowest BCUT2D eigenvalue weighted by molar-refractivity contribution is 0.231. The van der Waals surface area contributed by atoms with Crippen molar-refractivity contribution < 1.29 is 0 Å². The maximum absolute atomic E-state index is 6.76. The average molecular weight is 231 g/mol. The van der Waals surface area contributed by atoms with E-state index in [1.807, 2.05) is 0 Å². The third-order valence-corrected chi connectivity index (χ3v) is 4.59. The van der Waals surface area contributed by atoms with E-state index >= 15 is 0 Å². The minimum atomic E-state index is -0.0981. The second kappa shape index (κ2) is 4.81. The van der Waals surface area contributed by atoms with Gasteiger partial charge in [0.05, 0.1) is 0 Å². The summed E-state index contributed by atoms with van der Waals surface area (Å²) < 4.78 is 0. The van der Waals surface area contributed by atoms with E-state index < -0.39 is 0 Å². The van der Waals surface area contributed by atoms with Gasteiger partial charge in [0.15, 0.2) is 0 Å². The Balaban J connectivity index is 2.41. The van der Waals surface area contributed by atoms with Crippen LogP contribution in [0.3, 0.4) is 0 Å². The second-order valence-electron chi connectivity index (χ2n) is 5.76. The van der Waals surface area contributed by atoms with Crippen molar-refractivity contribution in [2.24, 2.45) is 11.7 Å². The van der Waals surface area contributed by atoms with Crippen LogP contribution in [0.2, 0.25) is 0 Å². The smallest absolute Gasteiger partial charge is 0.0438 e. The molecule has 1 aliphatic carbocycles. The molecule has 2 N–H and O–H groups in total. The van der Waals surface area contributed by atoms with E-state index in [2.05, 4.69) is 45.0 Å². The molecule has 0 heterocycles. The number of rotatable bonds is 3. The first-order valence-electron chi connectivity index (χ1n) is 6.98. The zero-order valence-electron chi connectivity index (χ0n) is 11.4. The van der Waals surface area contributed by atoms with Crippen LogP contribution in [0.25, 0.3) is 0 Å². The molecule has 0 aliphatic heterocycles. The van der Waals surface area contributed by atoms with Crippen molar-refractivity contribution in [3.05, 3.63) is 35.4 Å². The van der Waals surface area contributed by atoms with Crippen LogP contribution in [0.1, 0.15) is 63.5 Å². The second-order valence-corrected chi connectivity index (χ2v) is 5.76. The third-order valence-electron chi connectivity index (χ3n) is 4.59. The zero-order valence-corrected chi connectivity index (χ0v) is 11.4. The molecule has 0 saturated heterocycles. The highest BCUT2D eigenvalue weighted by Gasteiger charge is 2.38. The van der Waals surface area contributed by atoms with Crippen LogP contribution >= 0.6 is 0 Å². The molecule has 1 aliphatic rings. The molecule has 0 bridgehead atoms. The molecule has 0 spiro atoms. The molecule has 1 heteroatoms. The van der Waals surface area contributed by atoms with Crippen molar-refractivity contribution >= 4 is 0 Å². The normalized spacial score (nSPS) is 29.8. The van der Waals surface area contributed by atoms with Gasteiger partial charge in [0, 0.05) is 5.54 Å². The molecular weight excluding hydrogens is 206 g/mol. The maximum atomic E-state index is 6.76. The molecule has 3 unspecified atom stereocenters. The lowest BCUT2D eigenvalue weighted by Gasteiger charge is -2.42. The highest BCUT2D eigenvalue weighted by molar-refractivity contribution is 5.38. The first-order valence-corrected chi connectivity index (χ1v) is 6.98. The van der Waals surface area contributed by atoms with E-state index in [1.54, 1.807) is 0 Å². The lowest BCUT2D eigenvalue weighted by Crippen LogP contribution is -2.46. The molecule has 94 valence electrons. The van der Waals surface area contributed by atoms with Gasteiger partial charge in [0.2, 0.25) is 0 Å². The monoisotopic (exact) mass is 231 g/mol. The molecule has 1 nitrogen and oxygen atoms in total. The van der Waals surface area contributed by atoms with Gasteiger partial charge < -0.3 is 5.73 Å². The summed E-state index contributed by atoms with van der Waals surface area (Å²) in [6.07, 6.45) is 4.80. The van der Waals surface area contributed by atoms with Gasteiger partial charge in [-0.15, -0.1) is 0 Å². The number of benzene rings is 1. The summed E-state index contributed by atoms with van der Waals surface area (Å²) in [5.74, 6) is 1.23. The van der Waals surface area contributed by atoms with Gasteiger partial charge in [-0.05, 0) is 42.2 Å². The summed E-state index contributed by atoms with van der Waals surface area (Å²) >= 11 is 0. The van der Waals surface area contributed by atoms with E-state index in [4.69, 9.17) is 5.73 Å². The van der Waals surface area contributed by atoms with Crippen LogP contribution in [-0.2, 0) is 5.54 Å². The zero-order chi connectivity index (χ0) is 12.5. The van der Waals surface area contributed by atoms with Gasteiger partial charge in [-0.1, -0.05) is 51.5 Å². The molecule has 0 radical (unpaired) electrons. The molecule has 0 aromatic heterocycles. The van der Waals surface area contributed by atoms with Crippen LogP contribution in [-0.4, -0.2) is 0 Å². The Kier molecular flexibility index (Phi) is 3.58. The fourth-order valence-electron chi connectivity index (χ4n) is 3.30. The minimum Gasteiger partial charge on any atom is -0.321 e. The van der Waals surface area contributed by atoms with Crippen molar-refractivity contribution in [3.8, 4) is 0 Å². The van der Waals surface area contributed by atoms with Gasteiger partial charge in [0.25, 0.3) is 0 Å². The predicted octanol–water partition coefficient (Wildman–Crippen LogP) is 4.17. The number of nitrogens with two attached hydrogens (primary N) is 1. The molecule has 2 rings (SSSR count). The van der Waals surface area contributed by atoms with Gasteiger partial charge >= 0.3 is 0 Å². The van der Waals surface area contributed by atoms with Gasteiger partial charge in [-0.2, -0.15) is 0 Å². The van der Waals surface area contributed by atoms with Crippen molar-refractivity contribution in [2.75, 3.05) is 0 Å². The molecule has 3 atom stereocenters. The fraction of sp³-hybridized carbons (Fsp3) is 0.625. The van der Waals surface area contributed by atoms with Crippen LogP contribution < -0.4 is 5.73 Å². The van der Waals surface area contributed by atoms with Crippen molar-refractivity contribution in [3.63, 3.8) is 0 Å². The largest absolute Gasteiger partial charge is 0.321 e. The maximum Gasteiger partial charge on any atom is 0.0438 e. The molecule has 17 heavy (non-hydrogen) atoms. The quantitative estimate of drug-likeness (QED) is 0.830. The van der Waals surface area contributed by atoms with Crippen LogP contribution in [0.15, 0.2) is 24.3 Å².